The molecule has 0 heterocycles. The summed E-state index contributed by atoms with van der Waals surface area (Å²) in [5.41, 5.74) is 1.29. The van der Waals surface area contributed by atoms with E-state index in [0.29, 0.717) is 23.1 Å². The van der Waals surface area contributed by atoms with Crippen molar-refractivity contribution >= 4 is 33.2 Å². The number of amides is 1. The van der Waals surface area contributed by atoms with Crippen molar-refractivity contribution in [2.75, 3.05) is 11.9 Å². The van der Waals surface area contributed by atoms with Crippen LogP contribution in [0.2, 0.25) is 5.02 Å². The molecule has 31 heavy (non-hydrogen) atoms. The number of rotatable bonds is 9. The molecule has 0 saturated heterocycles. The number of sulfonamides is 1. The lowest BCUT2D eigenvalue weighted by molar-refractivity contribution is -0.117. The highest BCUT2D eigenvalue weighted by Crippen LogP contribution is 2.24. The van der Waals surface area contributed by atoms with Crippen LogP contribution < -0.4 is 14.8 Å². The molecule has 0 aliphatic rings. The third-order valence-corrected chi connectivity index (χ3v) is 6.20. The Balaban J connectivity index is 1.87. The number of halogens is 1. The molecule has 0 aliphatic heterocycles. The number of benzene rings is 3. The zero-order valence-electron chi connectivity index (χ0n) is 16.9. The van der Waals surface area contributed by atoms with Gasteiger partial charge in [-0.05, 0) is 55.3 Å². The molecule has 162 valence electrons. The van der Waals surface area contributed by atoms with E-state index >= 15 is 0 Å². The average molecular weight is 459 g/mol. The smallest absolute Gasteiger partial charge is 0.243 e. The predicted molar refractivity (Wildman–Crippen MR) is 122 cm³/mol. The van der Waals surface area contributed by atoms with Crippen LogP contribution in [0.3, 0.4) is 0 Å². The third-order valence-electron chi connectivity index (χ3n) is 4.47. The summed E-state index contributed by atoms with van der Waals surface area (Å²) >= 11 is 5.86. The van der Waals surface area contributed by atoms with Gasteiger partial charge in [0.25, 0.3) is 0 Å². The van der Waals surface area contributed by atoms with E-state index < -0.39 is 22.0 Å². The maximum absolute atomic E-state index is 13.1. The maximum Gasteiger partial charge on any atom is 0.243 e. The van der Waals surface area contributed by atoms with Gasteiger partial charge in [-0.25, -0.2) is 8.42 Å². The number of ether oxygens (including phenoxy) is 1. The third kappa shape index (κ3) is 6.30. The molecule has 0 bridgehead atoms. The number of anilines is 1. The minimum absolute atomic E-state index is 0.0254. The fraction of sp³-hybridized carbons (Fsp3) is 0.174. The van der Waals surface area contributed by atoms with Crippen molar-refractivity contribution in [2.45, 2.75) is 24.3 Å². The molecule has 0 spiro atoms. The topological polar surface area (TPSA) is 84.5 Å². The zero-order valence-corrected chi connectivity index (χ0v) is 18.5. The predicted octanol–water partition coefficient (Wildman–Crippen LogP) is 4.27. The van der Waals surface area contributed by atoms with Crippen LogP contribution >= 0.6 is 11.6 Å². The van der Waals surface area contributed by atoms with Crippen molar-refractivity contribution in [3.8, 4) is 5.75 Å². The Hall–Kier alpha value is -2.87. The molecule has 3 aromatic carbocycles. The SMILES string of the molecule is CCOc1ccccc1NC(=O)C(Cc1ccccc1)NS(=O)(=O)c1ccc(Cl)cc1. The molecule has 1 amide bonds. The summed E-state index contributed by atoms with van der Waals surface area (Å²) < 4.78 is 33.9. The Morgan fingerprint density at radius 1 is 0.968 bits per heavy atom. The number of carbonyl (C=O) groups is 1. The van der Waals surface area contributed by atoms with Crippen molar-refractivity contribution in [1.29, 1.82) is 0 Å². The van der Waals surface area contributed by atoms with Gasteiger partial charge in [0.15, 0.2) is 0 Å². The molecule has 0 aliphatic carbocycles. The number of hydrogen-bond donors (Lipinski definition) is 2. The Morgan fingerprint density at radius 3 is 2.29 bits per heavy atom. The van der Waals surface area contributed by atoms with Crippen LogP contribution in [0, 0.1) is 0 Å². The van der Waals surface area contributed by atoms with Crippen molar-refractivity contribution in [2.24, 2.45) is 0 Å². The van der Waals surface area contributed by atoms with Gasteiger partial charge in [-0.3, -0.25) is 4.79 Å². The first-order valence-corrected chi connectivity index (χ1v) is 11.6. The van der Waals surface area contributed by atoms with E-state index in [4.69, 9.17) is 16.3 Å². The second kappa shape index (κ2) is 10.4. The van der Waals surface area contributed by atoms with E-state index in [1.54, 1.807) is 24.3 Å². The highest BCUT2D eigenvalue weighted by molar-refractivity contribution is 7.89. The molecule has 2 N–H and O–H groups in total. The summed E-state index contributed by atoms with van der Waals surface area (Å²) in [6.45, 7) is 2.28. The Kier molecular flexibility index (Phi) is 7.68. The van der Waals surface area contributed by atoms with Gasteiger partial charge < -0.3 is 10.1 Å². The summed E-state index contributed by atoms with van der Waals surface area (Å²) in [4.78, 5) is 13.1. The highest BCUT2D eigenvalue weighted by atomic mass is 35.5. The molecule has 0 fully saturated rings. The van der Waals surface area contributed by atoms with E-state index in [1.165, 1.54) is 24.3 Å². The highest BCUT2D eigenvalue weighted by Gasteiger charge is 2.27. The van der Waals surface area contributed by atoms with Gasteiger partial charge in [-0.15, -0.1) is 0 Å². The number of carbonyl (C=O) groups excluding carboxylic acids is 1. The van der Waals surface area contributed by atoms with E-state index in [1.807, 2.05) is 37.3 Å². The molecule has 0 radical (unpaired) electrons. The number of para-hydroxylation sites is 2. The van der Waals surface area contributed by atoms with Crippen molar-refractivity contribution < 1.29 is 17.9 Å². The summed E-state index contributed by atoms with van der Waals surface area (Å²) in [6.07, 6.45) is 0.177. The average Bonchev–Trinajstić information content (AvgIpc) is 2.76. The molecular weight excluding hydrogens is 436 g/mol. The lowest BCUT2D eigenvalue weighted by Gasteiger charge is -2.20. The second-order valence-corrected chi connectivity index (χ2v) is 8.89. The number of hydrogen-bond acceptors (Lipinski definition) is 4. The van der Waals surface area contributed by atoms with Gasteiger partial charge in [0.2, 0.25) is 15.9 Å². The monoisotopic (exact) mass is 458 g/mol. The molecule has 0 aromatic heterocycles. The van der Waals surface area contributed by atoms with Gasteiger partial charge >= 0.3 is 0 Å². The summed E-state index contributed by atoms with van der Waals surface area (Å²) in [5.74, 6) is 0.0194. The summed E-state index contributed by atoms with van der Waals surface area (Å²) in [5, 5.41) is 3.21. The van der Waals surface area contributed by atoms with Crippen molar-refractivity contribution in [1.82, 2.24) is 4.72 Å². The first-order valence-electron chi connectivity index (χ1n) is 9.73. The Morgan fingerprint density at radius 2 is 1.61 bits per heavy atom. The molecule has 1 atom stereocenters. The minimum atomic E-state index is -3.95. The van der Waals surface area contributed by atoms with Crippen LogP contribution in [0.15, 0.2) is 83.8 Å². The normalized spacial score (nSPS) is 12.2. The lowest BCUT2D eigenvalue weighted by atomic mass is 10.1. The van der Waals surface area contributed by atoms with E-state index in [9.17, 15) is 13.2 Å². The fourth-order valence-corrected chi connectivity index (χ4v) is 4.30. The van der Waals surface area contributed by atoms with E-state index in [2.05, 4.69) is 10.0 Å². The maximum atomic E-state index is 13.1. The molecule has 1 unspecified atom stereocenters. The fourth-order valence-electron chi connectivity index (χ4n) is 2.98. The van der Waals surface area contributed by atoms with E-state index in [-0.39, 0.29) is 11.3 Å². The molecule has 3 rings (SSSR count). The molecule has 8 heteroatoms. The summed E-state index contributed by atoms with van der Waals surface area (Å²) in [7, 11) is -3.95. The summed E-state index contributed by atoms with van der Waals surface area (Å²) in [6, 6.07) is 20.9. The Bertz CT molecular complexity index is 1120. The first-order chi connectivity index (χ1) is 14.9. The second-order valence-electron chi connectivity index (χ2n) is 6.74. The zero-order chi connectivity index (χ0) is 22.3. The van der Waals surface area contributed by atoms with Gasteiger partial charge in [-0.2, -0.15) is 4.72 Å². The first kappa shape index (κ1) is 22.8. The van der Waals surface area contributed by atoms with Gasteiger partial charge in [0.1, 0.15) is 11.8 Å². The standard InChI is InChI=1S/C23H23ClN2O4S/c1-2-30-22-11-7-6-10-20(22)25-23(27)21(16-17-8-4-3-5-9-17)26-31(28,29)19-14-12-18(24)13-15-19/h3-15,21,26H,2,16H2,1H3,(H,25,27). The molecule has 3 aromatic rings. The van der Waals surface area contributed by atoms with Gasteiger partial charge in [0.05, 0.1) is 17.2 Å². The van der Waals surface area contributed by atoms with Crippen molar-refractivity contribution in [3.05, 3.63) is 89.4 Å². The van der Waals surface area contributed by atoms with Crippen LogP contribution in [0.4, 0.5) is 5.69 Å². The minimum Gasteiger partial charge on any atom is -0.492 e. The van der Waals surface area contributed by atoms with Crippen molar-refractivity contribution in [3.63, 3.8) is 0 Å². The lowest BCUT2D eigenvalue weighted by Crippen LogP contribution is -2.45. The van der Waals surface area contributed by atoms with Gasteiger partial charge in [0, 0.05) is 5.02 Å². The van der Waals surface area contributed by atoms with E-state index in [0.717, 1.165) is 5.56 Å². The Labute approximate surface area is 187 Å². The van der Waals surface area contributed by atoms with Gasteiger partial charge in [-0.1, -0.05) is 54.1 Å². The molecular formula is C23H23ClN2O4S. The quantitative estimate of drug-likeness (QED) is 0.501. The van der Waals surface area contributed by atoms with Crippen LogP contribution in [-0.4, -0.2) is 27.0 Å². The van der Waals surface area contributed by atoms with Crippen LogP contribution in [0.5, 0.6) is 5.75 Å². The largest absolute Gasteiger partial charge is 0.492 e. The van der Waals surface area contributed by atoms with Crippen LogP contribution in [0.1, 0.15) is 12.5 Å². The van der Waals surface area contributed by atoms with Crippen LogP contribution in [-0.2, 0) is 21.2 Å². The van der Waals surface area contributed by atoms with Crippen LogP contribution in [0.25, 0.3) is 0 Å². The molecule has 0 saturated carbocycles. The number of nitrogens with one attached hydrogen (secondary N) is 2. The molecule has 6 nitrogen and oxygen atoms in total.